The monoisotopic (exact) mass is 389 g/mol. The first-order valence-electron chi connectivity index (χ1n) is 8.80. The molecule has 9 nitrogen and oxygen atoms in total. The van der Waals surface area contributed by atoms with Gasteiger partial charge in [0.2, 0.25) is 5.78 Å². The Morgan fingerprint density at radius 2 is 2.00 bits per heavy atom. The maximum atomic E-state index is 12.4. The van der Waals surface area contributed by atoms with Gasteiger partial charge in [-0.25, -0.2) is 9.59 Å². The molecule has 0 amide bonds. The van der Waals surface area contributed by atoms with Gasteiger partial charge < -0.3 is 15.2 Å². The molecular formula is C19H23N3O6. The van der Waals surface area contributed by atoms with Crippen LogP contribution in [0.1, 0.15) is 36.2 Å². The van der Waals surface area contributed by atoms with Crippen LogP contribution in [0, 0.1) is 6.92 Å². The SMILES string of the molecule is CCCn1c(N)c(C(=O)COC(=O)[C@H](C)Oc2cccc(C)c2)c(=O)[nH]c1=O. The van der Waals surface area contributed by atoms with Gasteiger partial charge in [-0.1, -0.05) is 19.1 Å². The normalized spacial score (nSPS) is 11.7. The number of nitrogens with one attached hydrogen (secondary N) is 1. The number of carbonyl (C=O) groups excluding carboxylic acids is 2. The van der Waals surface area contributed by atoms with Crippen molar-refractivity contribution in [1.82, 2.24) is 9.55 Å². The molecule has 0 bridgehead atoms. The molecule has 0 aliphatic rings. The molecule has 28 heavy (non-hydrogen) atoms. The average Bonchev–Trinajstić information content (AvgIpc) is 2.63. The van der Waals surface area contributed by atoms with Gasteiger partial charge >= 0.3 is 11.7 Å². The van der Waals surface area contributed by atoms with Gasteiger partial charge in [-0.15, -0.1) is 0 Å². The second-order valence-electron chi connectivity index (χ2n) is 6.28. The van der Waals surface area contributed by atoms with Crippen LogP contribution in [0.25, 0.3) is 0 Å². The van der Waals surface area contributed by atoms with Crippen LogP contribution >= 0.6 is 0 Å². The van der Waals surface area contributed by atoms with E-state index in [4.69, 9.17) is 15.2 Å². The minimum atomic E-state index is -0.959. The quantitative estimate of drug-likeness (QED) is 0.509. The number of aromatic amines is 1. The lowest BCUT2D eigenvalue weighted by Crippen LogP contribution is -2.37. The maximum absolute atomic E-state index is 12.4. The van der Waals surface area contributed by atoms with Crippen molar-refractivity contribution in [2.24, 2.45) is 0 Å². The summed E-state index contributed by atoms with van der Waals surface area (Å²) in [5, 5.41) is 0. The molecule has 0 fully saturated rings. The van der Waals surface area contributed by atoms with Gasteiger partial charge in [-0.2, -0.15) is 0 Å². The zero-order valence-electron chi connectivity index (χ0n) is 16.0. The van der Waals surface area contributed by atoms with E-state index in [-0.39, 0.29) is 12.4 Å². The highest BCUT2D eigenvalue weighted by molar-refractivity contribution is 6.01. The number of carbonyl (C=O) groups is 2. The fraction of sp³-hybridized carbons (Fsp3) is 0.368. The molecule has 2 aromatic rings. The van der Waals surface area contributed by atoms with Crippen LogP contribution in [-0.4, -0.2) is 34.0 Å². The molecule has 0 unspecified atom stereocenters. The van der Waals surface area contributed by atoms with Crippen LogP contribution < -0.4 is 21.7 Å². The van der Waals surface area contributed by atoms with Gasteiger partial charge in [0, 0.05) is 6.54 Å². The van der Waals surface area contributed by atoms with Crippen molar-refractivity contribution in [3.05, 3.63) is 56.2 Å². The highest BCUT2D eigenvalue weighted by Crippen LogP contribution is 2.15. The summed E-state index contributed by atoms with van der Waals surface area (Å²) in [6.45, 7) is 4.73. The van der Waals surface area contributed by atoms with Gasteiger partial charge in [0.25, 0.3) is 5.56 Å². The number of aryl methyl sites for hydroxylation is 1. The minimum Gasteiger partial charge on any atom is -0.479 e. The fourth-order valence-electron chi connectivity index (χ4n) is 2.57. The number of esters is 1. The summed E-state index contributed by atoms with van der Waals surface area (Å²) in [4.78, 5) is 50.3. The number of benzene rings is 1. The van der Waals surface area contributed by atoms with Gasteiger partial charge in [-0.3, -0.25) is 19.1 Å². The zero-order valence-corrected chi connectivity index (χ0v) is 16.0. The van der Waals surface area contributed by atoms with Crippen LogP contribution in [0.4, 0.5) is 5.82 Å². The summed E-state index contributed by atoms with van der Waals surface area (Å²) in [7, 11) is 0. The number of ether oxygens (including phenoxy) is 2. The summed E-state index contributed by atoms with van der Waals surface area (Å²) in [5.74, 6) is -1.34. The lowest BCUT2D eigenvalue weighted by Gasteiger charge is -2.15. The number of hydrogen-bond acceptors (Lipinski definition) is 7. The van der Waals surface area contributed by atoms with Crippen LogP contribution in [-0.2, 0) is 16.1 Å². The van der Waals surface area contributed by atoms with E-state index in [2.05, 4.69) is 0 Å². The summed E-state index contributed by atoms with van der Waals surface area (Å²) in [5.41, 5.74) is 4.75. The maximum Gasteiger partial charge on any atom is 0.347 e. The van der Waals surface area contributed by atoms with Crippen LogP contribution in [0.15, 0.2) is 33.9 Å². The summed E-state index contributed by atoms with van der Waals surface area (Å²) in [6.07, 6.45) is -0.383. The van der Waals surface area contributed by atoms with Crippen molar-refractivity contribution < 1.29 is 19.1 Å². The fourth-order valence-corrected chi connectivity index (χ4v) is 2.57. The highest BCUT2D eigenvalue weighted by atomic mass is 16.6. The molecular weight excluding hydrogens is 366 g/mol. The molecule has 3 N–H and O–H groups in total. The number of nitrogens with zero attached hydrogens (tertiary/aromatic N) is 1. The molecule has 9 heteroatoms. The molecule has 0 spiro atoms. The number of anilines is 1. The van der Waals surface area contributed by atoms with Gasteiger partial charge in [0.05, 0.1) is 0 Å². The third-order valence-electron chi connectivity index (χ3n) is 3.95. The Bertz CT molecular complexity index is 992. The molecule has 1 heterocycles. The van der Waals surface area contributed by atoms with E-state index >= 15 is 0 Å². The number of ketones is 1. The first-order chi connectivity index (χ1) is 13.2. The van der Waals surface area contributed by atoms with Crippen molar-refractivity contribution in [3.63, 3.8) is 0 Å². The number of H-pyrrole nitrogens is 1. The van der Waals surface area contributed by atoms with E-state index in [9.17, 15) is 19.2 Å². The Balaban J connectivity index is 2.07. The molecule has 0 aliphatic carbocycles. The molecule has 1 aromatic carbocycles. The predicted octanol–water partition coefficient (Wildman–Crippen LogP) is 1.03. The Labute approximate surface area is 161 Å². The Morgan fingerprint density at radius 3 is 2.64 bits per heavy atom. The Morgan fingerprint density at radius 1 is 1.29 bits per heavy atom. The van der Waals surface area contributed by atoms with Crippen LogP contribution in [0.5, 0.6) is 5.75 Å². The number of rotatable bonds is 8. The van der Waals surface area contributed by atoms with Crippen molar-refractivity contribution in [2.75, 3.05) is 12.3 Å². The van der Waals surface area contributed by atoms with Gasteiger partial charge in [0.15, 0.2) is 12.7 Å². The van der Waals surface area contributed by atoms with Crippen LogP contribution in [0.2, 0.25) is 0 Å². The molecule has 0 aliphatic heterocycles. The third kappa shape index (κ3) is 4.87. The molecule has 0 saturated heterocycles. The molecule has 2 rings (SSSR count). The third-order valence-corrected chi connectivity index (χ3v) is 3.95. The summed E-state index contributed by atoms with van der Waals surface area (Å²) >= 11 is 0. The van der Waals surface area contributed by atoms with Crippen LogP contribution in [0.3, 0.4) is 0 Å². The van der Waals surface area contributed by atoms with E-state index in [0.29, 0.717) is 12.2 Å². The first-order valence-corrected chi connectivity index (χ1v) is 8.80. The average molecular weight is 389 g/mol. The molecule has 0 saturated carbocycles. The zero-order chi connectivity index (χ0) is 20.8. The Kier molecular flexibility index (Phi) is 6.75. The number of hydrogen-bond donors (Lipinski definition) is 2. The summed E-state index contributed by atoms with van der Waals surface area (Å²) in [6, 6.07) is 7.12. The molecule has 1 aromatic heterocycles. The van der Waals surface area contributed by atoms with E-state index < -0.39 is 41.3 Å². The van der Waals surface area contributed by atoms with E-state index in [1.165, 1.54) is 6.92 Å². The van der Waals surface area contributed by atoms with Crippen molar-refractivity contribution in [2.45, 2.75) is 39.8 Å². The smallest absolute Gasteiger partial charge is 0.347 e. The number of nitrogen functional groups attached to an aromatic ring is 1. The molecule has 150 valence electrons. The van der Waals surface area contributed by atoms with E-state index in [1.807, 2.05) is 24.9 Å². The lowest BCUT2D eigenvalue weighted by molar-refractivity contribution is -0.149. The van der Waals surface area contributed by atoms with Crippen molar-refractivity contribution in [3.8, 4) is 5.75 Å². The predicted molar refractivity (Wildman–Crippen MR) is 103 cm³/mol. The van der Waals surface area contributed by atoms with E-state index in [1.54, 1.807) is 18.2 Å². The second kappa shape index (κ2) is 9.03. The standard InChI is InChI=1S/C19H23N3O6/c1-4-8-22-16(20)15(17(24)21-19(22)26)14(23)10-27-18(25)12(3)28-13-7-5-6-11(2)9-13/h5-7,9,12H,4,8,10,20H2,1-3H3,(H,21,24,26)/t12-/m0/s1. The van der Waals surface area contributed by atoms with E-state index in [0.717, 1.165) is 10.1 Å². The minimum absolute atomic E-state index is 0.239. The Hall–Kier alpha value is -3.36. The lowest BCUT2D eigenvalue weighted by atomic mass is 10.2. The number of Topliss-reactive ketones (excluding diaryl/α,β-unsaturated/α-hetero) is 1. The number of nitrogens with two attached hydrogens (primary N) is 1. The van der Waals surface area contributed by atoms with Gasteiger partial charge in [0.1, 0.15) is 17.1 Å². The topological polar surface area (TPSA) is 133 Å². The number of aromatic nitrogens is 2. The summed E-state index contributed by atoms with van der Waals surface area (Å²) < 4.78 is 11.5. The van der Waals surface area contributed by atoms with Gasteiger partial charge in [-0.05, 0) is 38.0 Å². The van der Waals surface area contributed by atoms with Crippen molar-refractivity contribution >= 4 is 17.6 Å². The first kappa shape index (κ1) is 20.9. The second-order valence-corrected chi connectivity index (χ2v) is 6.28. The molecule has 1 atom stereocenters. The van der Waals surface area contributed by atoms with Crippen molar-refractivity contribution in [1.29, 1.82) is 0 Å². The highest BCUT2D eigenvalue weighted by Gasteiger charge is 2.23. The largest absolute Gasteiger partial charge is 0.479 e. The molecule has 0 radical (unpaired) electrons.